The Morgan fingerprint density at radius 3 is 2.46 bits per heavy atom. The first-order valence-electron chi connectivity index (χ1n) is 20.7. The van der Waals surface area contributed by atoms with Gasteiger partial charge in [-0.3, -0.25) is 14.7 Å². The maximum atomic E-state index is 16.9. The quantitative estimate of drug-likeness (QED) is 0.160. The molecule has 59 heavy (non-hydrogen) atoms. The van der Waals surface area contributed by atoms with E-state index >= 15 is 4.39 Å². The molecule has 0 bridgehead atoms. The summed E-state index contributed by atoms with van der Waals surface area (Å²) in [6.45, 7) is 12.0. The fourth-order valence-corrected chi connectivity index (χ4v) is 9.34. The number of cyclic esters (lactones) is 1. The van der Waals surface area contributed by atoms with E-state index in [-0.39, 0.29) is 25.5 Å². The Morgan fingerprint density at radius 2 is 1.83 bits per heavy atom. The third-order valence-corrected chi connectivity index (χ3v) is 12.5. The highest BCUT2D eigenvalue weighted by molar-refractivity contribution is 6.07. The number of unbranched alkanes of at least 4 members (excludes halogenated alkanes) is 1. The van der Waals surface area contributed by atoms with E-state index in [0.29, 0.717) is 32.4 Å². The largest absolute Gasteiger partial charge is 0.455 e. The van der Waals surface area contributed by atoms with Crippen LogP contribution in [-0.4, -0.2) is 158 Å². The molecule has 0 aromatic carbocycles. The number of aryl methyl sites for hydroxylation is 1. The van der Waals surface area contributed by atoms with Crippen molar-refractivity contribution in [2.75, 3.05) is 34.4 Å². The van der Waals surface area contributed by atoms with Crippen LogP contribution in [0.25, 0.3) is 11.3 Å². The lowest BCUT2D eigenvalue weighted by Crippen LogP contribution is -2.64. The summed E-state index contributed by atoms with van der Waals surface area (Å²) in [7, 11) is 5.02. The molecule has 17 heteroatoms. The lowest BCUT2D eigenvalue weighted by atomic mass is 9.78. The molecule has 330 valence electrons. The number of pyridine rings is 1. The zero-order valence-corrected chi connectivity index (χ0v) is 36.2. The minimum Gasteiger partial charge on any atom is -0.455 e. The SMILES string of the molecule is CC[C@@H]1OC(=O)[C@@](C)(F)C(=O)[C@H](C)[C@@H](O[C@@H]2O[C@H](CO)C[C@H](N(C)C)[C@H]2O)[C@@](C)(OC)C[C@@H](C)N[C@@H](C)[C@H]2N(CCCCn3cnc(-c4cccnc4)c3)C(=O)O[C@]12C. The number of carbonyl (C=O) groups is 3. The van der Waals surface area contributed by atoms with Gasteiger partial charge in [0, 0.05) is 68.4 Å². The van der Waals surface area contributed by atoms with Gasteiger partial charge in [0.2, 0.25) is 0 Å². The van der Waals surface area contributed by atoms with Crippen LogP contribution in [0, 0.1) is 5.92 Å². The van der Waals surface area contributed by atoms with Crippen molar-refractivity contribution < 1.29 is 52.7 Å². The normalized spacial score (nSPS) is 37.5. The number of rotatable bonds is 12. The van der Waals surface area contributed by atoms with Gasteiger partial charge in [-0.1, -0.05) is 13.8 Å². The second-order valence-electron chi connectivity index (χ2n) is 17.3. The van der Waals surface area contributed by atoms with Crippen molar-refractivity contribution in [1.82, 2.24) is 29.7 Å². The number of nitrogens with one attached hydrogen (secondary N) is 1. The Kier molecular flexibility index (Phi) is 15.0. The van der Waals surface area contributed by atoms with Gasteiger partial charge in [0.15, 0.2) is 17.7 Å². The number of fused-ring (bicyclic) bond motifs is 1. The van der Waals surface area contributed by atoms with E-state index in [1.807, 2.05) is 36.7 Å². The topological polar surface area (TPSA) is 187 Å². The number of imidazole rings is 1. The molecular formula is C42H65FN6O10. The number of hydrogen-bond acceptors (Lipinski definition) is 14. The molecule has 0 spiro atoms. The maximum Gasteiger partial charge on any atom is 0.410 e. The summed E-state index contributed by atoms with van der Waals surface area (Å²) in [5.74, 6) is -3.87. The molecule has 3 N–H and O–H groups in total. The van der Waals surface area contributed by atoms with E-state index in [4.69, 9.17) is 23.7 Å². The van der Waals surface area contributed by atoms with E-state index in [9.17, 15) is 24.6 Å². The van der Waals surface area contributed by atoms with Crippen molar-refractivity contribution in [3.8, 4) is 11.3 Å². The Hall–Kier alpha value is -3.58. The molecule has 0 unspecified atom stereocenters. The van der Waals surface area contributed by atoms with Gasteiger partial charge >= 0.3 is 12.1 Å². The molecule has 0 saturated carbocycles. The summed E-state index contributed by atoms with van der Waals surface area (Å²) in [5, 5.41) is 25.1. The number of hydrogen-bond donors (Lipinski definition) is 3. The van der Waals surface area contributed by atoms with Crippen molar-refractivity contribution in [3.63, 3.8) is 0 Å². The number of amides is 1. The van der Waals surface area contributed by atoms with Crippen LogP contribution in [0.4, 0.5) is 9.18 Å². The number of methoxy groups -OCH3 is 1. The Balaban J connectivity index is 1.43. The maximum absolute atomic E-state index is 16.9. The molecule has 5 heterocycles. The van der Waals surface area contributed by atoms with Gasteiger partial charge in [0.05, 0.1) is 42.5 Å². The molecule has 13 atom stereocenters. The second kappa shape index (κ2) is 19.0. The average Bonchev–Trinajstić information content (AvgIpc) is 3.78. The Labute approximate surface area is 347 Å². The first-order chi connectivity index (χ1) is 27.8. The first kappa shape index (κ1) is 46.5. The number of aliphatic hydroxyl groups is 2. The van der Waals surface area contributed by atoms with Gasteiger partial charge in [0.25, 0.3) is 5.67 Å². The molecule has 0 radical (unpaired) electrons. The summed E-state index contributed by atoms with van der Waals surface area (Å²) in [5.41, 5.74) is -4.21. The number of aliphatic hydroxyl groups excluding tert-OH is 2. The van der Waals surface area contributed by atoms with Crippen LogP contribution in [0.5, 0.6) is 0 Å². The number of aromatic nitrogens is 3. The molecule has 3 fully saturated rings. The van der Waals surface area contributed by atoms with E-state index in [1.165, 1.54) is 14.0 Å². The summed E-state index contributed by atoms with van der Waals surface area (Å²) in [6.07, 6.45) is 2.97. The minimum absolute atomic E-state index is 0.158. The highest BCUT2D eigenvalue weighted by Gasteiger charge is 2.60. The molecule has 0 aliphatic carbocycles. The van der Waals surface area contributed by atoms with Gasteiger partial charge in [-0.2, -0.15) is 0 Å². The number of ketones is 1. The van der Waals surface area contributed by atoms with Crippen molar-refractivity contribution in [1.29, 1.82) is 0 Å². The van der Waals surface area contributed by atoms with Crippen LogP contribution in [0.15, 0.2) is 37.1 Å². The van der Waals surface area contributed by atoms with Crippen molar-refractivity contribution in [2.24, 2.45) is 5.92 Å². The van der Waals surface area contributed by atoms with Crippen LogP contribution in [-0.2, 0) is 39.8 Å². The second-order valence-corrected chi connectivity index (χ2v) is 17.3. The molecule has 16 nitrogen and oxygen atoms in total. The Bertz CT molecular complexity index is 1730. The van der Waals surface area contributed by atoms with Crippen molar-refractivity contribution in [3.05, 3.63) is 37.1 Å². The molecule has 3 saturated heterocycles. The van der Waals surface area contributed by atoms with Crippen LogP contribution in [0.1, 0.15) is 80.6 Å². The lowest BCUT2D eigenvalue weighted by molar-refractivity contribution is -0.300. The molecular weight excluding hydrogens is 767 g/mol. The smallest absolute Gasteiger partial charge is 0.410 e. The monoisotopic (exact) mass is 832 g/mol. The van der Waals surface area contributed by atoms with Gasteiger partial charge in [0.1, 0.15) is 12.2 Å². The molecule has 1 amide bonds. The average molecular weight is 833 g/mol. The van der Waals surface area contributed by atoms with E-state index < -0.39 is 89.5 Å². The molecule has 3 aliphatic heterocycles. The molecule has 2 aromatic heterocycles. The number of Topliss-reactive ketones (excluding diaryl/α,β-unsaturated/α-hetero) is 1. The van der Waals surface area contributed by atoms with E-state index in [0.717, 1.165) is 18.2 Å². The van der Waals surface area contributed by atoms with Crippen LogP contribution < -0.4 is 5.32 Å². The van der Waals surface area contributed by atoms with Gasteiger partial charge in [-0.05, 0) is 93.0 Å². The van der Waals surface area contributed by atoms with E-state index in [1.54, 1.807) is 63.4 Å². The lowest BCUT2D eigenvalue weighted by Gasteiger charge is -2.47. The molecule has 3 aliphatic rings. The van der Waals surface area contributed by atoms with Gasteiger partial charge < -0.3 is 48.7 Å². The third kappa shape index (κ3) is 9.82. The van der Waals surface area contributed by atoms with E-state index in [2.05, 4.69) is 15.3 Å². The van der Waals surface area contributed by atoms with Gasteiger partial charge in [-0.15, -0.1) is 0 Å². The van der Waals surface area contributed by atoms with Gasteiger partial charge in [-0.25, -0.2) is 19.0 Å². The number of esters is 1. The summed E-state index contributed by atoms with van der Waals surface area (Å²) in [4.78, 5) is 54.1. The first-order valence-corrected chi connectivity index (χ1v) is 20.7. The predicted octanol–water partition coefficient (Wildman–Crippen LogP) is 3.52. The number of alkyl halides is 1. The highest BCUT2D eigenvalue weighted by Crippen LogP contribution is 2.41. The van der Waals surface area contributed by atoms with Crippen LogP contribution >= 0.6 is 0 Å². The number of carbonyl (C=O) groups excluding carboxylic acids is 3. The minimum atomic E-state index is -3.16. The molecule has 5 rings (SSSR count). The van der Waals surface area contributed by atoms with Crippen molar-refractivity contribution >= 4 is 17.8 Å². The summed E-state index contributed by atoms with van der Waals surface area (Å²) < 4.78 is 49.5. The van der Waals surface area contributed by atoms with Crippen LogP contribution in [0.3, 0.4) is 0 Å². The molecule has 2 aromatic rings. The number of likely N-dealkylation sites (N-methyl/N-ethyl adjacent to an activating group) is 1. The number of halogens is 1. The standard InChI is InChI=1S/C42H65FN6O10/c1-11-32-42(7)34(49(39(54)59-42)18-13-12-17-48-22-30(45-24-48)28-15-14-16-44-21-28)27(4)46-25(2)20-40(5,55-10)36(26(3)35(52)41(6,43)38(53)57-32)58-37-33(51)31(47(8)9)19-29(23-50)56-37/h14-16,21-22,24-27,29,31-34,36-37,46,50-51H,11-13,17-20,23H2,1-10H3/t25-,26+,27+,29+,31+,32+,33-,34-,36-,37+,40+,41+,42-/m1/s1. The number of nitrogens with zero attached hydrogens (tertiary/aromatic N) is 5. The predicted molar refractivity (Wildman–Crippen MR) is 215 cm³/mol. The fraction of sp³-hybridized carbons (Fsp3) is 0.738. The summed E-state index contributed by atoms with van der Waals surface area (Å²) >= 11 is 0. The highest BCUT2D eigenvalue weighted by atomic mass is 19.1. The Morgan fingerprint density at radius 1 is 1.12 bits per heavy atom. The zero-order valence-electron chi connectivity index (χ0n) is 36.2. The van der Waals surface area contributed by atoms with Crippen LogP contribution in [0.2, 0.25) is 0 Å². The summed E-state index contributed by atoms with van der Waals surface area (Å²) in [6, 6.07) is 1.82. The zero-order chi connectivity index (χ0) is 43.4. The van der Waals surface area contributed by atoms with Crippen molar-refractivity contribution in [2.45, 2.75) is 159 Å². The fourth-order valence-electron chi connectivity index (χ4n) is 9.34. The third-order valence-electron chi connectivity index (χ3n) is 12.5. The number of ether oxygens (including phenoxy) is 5.